The van der Waals surface area contributed by atoms with Crippen LogP contribution in [0.2, 0.25) is 0 Å². The van der Waals surface area contributed by atoms with Crippen LogP contribution in [0.15, 0.2) is 28.7 Å². The molecule has 84 valence electrons. The van der Waals surface area contributed by atoms with E-state index in [1.54, 1.807) is 0 Å². The Bertz CT molecular complexity index is 538. The molecule has 1 aromatic heterocycles. The van der Waals surface area contributed by atoms with Crippen LogP contribution in [-0.2, 0) is 5.60 Å². The zero-order chi connectivity index (χ0) is 11.3. The van der Waals surface area contributed by atoms with Gasteiger partial charge in [-0.05, 0) is 31.4 Å². The number of aryl methyl sites for hydroxylation is 1. The summed E-state index contributed by atoms with van der Waals surface area (Å²) >= 11 is 0. The average molecular weight is 217 g/mol. The minimum Gasteiger partial charge on any atom is -0.458 e. The first-order valence-electron chi connectivity index (χ1n) is 5.56. The molecule has 0 radical (unpaired) electrons. The molecule has 0 spiro atoms. The Labute approximate surface area is 93.9 Å². The molecule has 0 unspecified atom stereocenters. The minimum atomic E-state index is -0.842. The van der Waals surface area contributed by atoms with Crippen LogP contribution in [-0.4, -0.2) is 11.1 Å². The highest BCUT2D eigenvalue weighted by Gasteiger charge is 2.44. The highest BCUT2D eigenvalue weighted by molar-refractivity contribution is 5.81. The van der Waals surface area contributed by atoms with Crippen molar-refractivity contribution in [1.82, 2.24) is 0 Å². The van der Waals surface area contributed by atoms with E-state index >= 15 is 0 Å². The summed E-state index contributed by atoms with van der Waals surface area (Å²) in [7, 11) is 0. The van der Waals surface area contributed by atoms with Gasteiger partial charge in [0.2, 0.25) is 0 Å². The minimum absolute atomic E-state index is 0.0966. The zero-order valence-corrected chi connectivity index (χ0v) is 9.23. The van der Waals surface area contributed by atoms with Gasteiger partial charge in [-0.2, -0.15) is 0 Å². The molecule has 0 atom stereocenters. The lowest BCUT2D eigenvalue weighted by atomic mass is 9.74. The summed E-state index contributed by atoms with van der Waals surface area (Å²) in [5.41, 5.74) is 6.83. The number of nitrogens with two attached hydrogens (primary N) is 1. The SMILES string of the molecule is Cc1cccc2cc(C3(O)CC(N)C3)oc12. The Morgan fingerprint density at radius 2 is 2.19 bits per heavy atom. The zero-order valence-electron chi connectivity index (χ0n) is 9.23. The maximum Gasteiger partial charge on any atom is 0.137 e. The number of hydrogen-bond donors (Lipinski definition) is 2. The molecule has 0 saturated heterocycles. The highest BCUT2D eigenvalue weighted by atomic mass is 16.4. The Kier molecular flexibility index (Phi) is 1.91. The molecule has 0 aliphatic heterocycles. The molecular formula is C13H15NO2. The van der Waals surface area contributed by atoms with E-state index in [0.29, 0.717) is 18.6 Å². The maximum absolute atomic E-state index is 10.3. The fourth-order valence-electron chi connectivity index (χ4n) is 2.45. The van der Waals surface area contributed by atoms with E-state index in [4.69, 9.17) is 10.2 Å². The summed E-state index contributed by atoms with van der Waals surface area (Å²) in [6, 6.07) is 8.02. The van der Waals surface area contributed by atoms with Crippen LogP contribution in [0.25, 0.3) is 11.0 Å². The second kappa shape index (κ2) is 3.09. The number of aliphatic hydroxyl groups is 1. The first kappa shape index (κ1) is 9.87. The number of para-hydroxylation sites is 1. The monoisotopic (exact) mass is 217 g/mol. The second-order valence-electron chi connectivity index (χ2n) is 4.80. The van der Waals surface area contributed by atoms with Crippen LogP contribution in [0.3, 0.4) is 0 Å². The van der Waals surface area contributed by atoms with Crippen molar-refractivity contribution >= 4 is 11.0 Å². The van der Waals surface area contributed by atoms with Gasteiger partial charge >= 0.3 is 0 Å². The summed E-state index contributed by atoms with van der Waals surface area (Å²) in [4.78, 5) is 0. The van der Waals surface area contributed by atoms with Crippen LogP contribution < -0.4 is 5.73 Å². The molecule has 2 aromatic rings. The third-order valence-electron chi connectivity index (χ3n) is 3.40. The molecule has 1 heterocycles. The maximum atomic E-state index is 10.3. The number of rotatable bonds is 1. The van der Waals surface area contributed by atoms with E-state index in [1.165, 1.54) is 0 Å². The van der Waals surface area contributed by atoms with E-state index in [1.807, 2.05) is 31.2 Å². The van der Waals surface area contributed by atoms with Gasteiger partial charge in [-0.25, -0.2) is 0 Å². The summed E-state index contributed by atoms with van der Waals surface area (Å²) < 4.78 is 5.75. The van der Waals surface area contributed by atoms with Crippen molar-refractivity contribution in [2.24, 2.45) is 5.73 Å². The Morgan fingerprint density at radius 3 is 2.81 bits per heavy atom. The van der Waals surface area contributed by atoms with Crippen LogP contribution in [0.1, 0.15) is 24.2 Å². The summed E-state index contributed by atoms with van der Waals surface area (Å²) in [5, 5.41) is 11.3. The van der Waals surface area contributed by atoms with E-state index in [-0.39, 0.29) is 6.04 Å². The average Bonchev–Trinajstić information content (AvgIpc) is 2.61. The molecule has 3 heteroatoms. The first-order valence-corrected chi connectivity index (χ1v) is 5.56. The number of benzene rings is 1. The quantitative estimate of drug-likeness (QED) is 0.768. The summed E-state index contributed by atoms with van der Waals surface area (Å²) in [5.74, 6) is 0.651. The van der Waals surface area contributed by atoms with Gasteiger partial charge in [0, 0.05) is 11.4 Å². The third kappa shape index (κ3) is 1.29. The van der Waals surface area contributed by atoms with Gasteiger partial charge in [-0.15, -0.1) is 0 Å². The molecular weight excluding hydrogens is 202 g/mol. The largest absolute Gasteiger partial charge is 0.458 e. The van der Waals surface area contributed by atoms with Gasteiger partial charge in [-0.1, -0.05) is 18.2 Å². The predicted octanol–water partition coefficient (Wildman–Crippen LogP) is 2.05. The fourth-order valence-corrected chi connectivity index (χ4v) is 2.45. The molecule has 3 N–H and O–H groups in total. The molecule has 1 aliphatic rings. The number of furan rings is 1. The van der Waals surface area contributed by atoms with E-state index in [9.17, 15) is 5.11 Å². The molecule has 3 rings (SSSR count). The van der Waals surface area contributed by atoms with Gasteiger partial charge < -0.3 is 15.3 Å². The van der Waals surface area contributed by atoms with Crippen molar-refractivity contribution in [3.8, 4) is 0 Å². The van der Waals surface area contributed by atoms with Gasteiger partial charge in [-0.3, -0.25) is 0 Å². The number of hydrogen-bond acceptors (Lipinski definition) is 3. The topological polar surface area (TPSA) is 59.4 Å². The molecule has 1 fully saturated rings. The molecule has 1 saturated carbocycles. The lowest BCUT2D eigenvalue weighted by Crippen LogP contribution is -2.48. The smallest absolute Gasteiger partial charge is 0.137 e. The first-order chi connectivity index (χ1) is 7.58. The van der Waals surface area contributed by atoms with E-state index < -0.39 is 5.60 Å². The van der Waals surface area contributed by atoms with Crippen LogP contribution in [0.5, 0.6) is 0 Å². The van der Waals surface area contributed by atoms with Gasteiger partial charge in [0.25, 0.3) is 0 Å². The fraction of sp³-hybridized carbons (Fsp3) is 0.385. The van der Waals surface area contributed by atoms with Crippen molar-refractivity contribution < 1.29 is 9.52 Å². The molecule has 0 bridgehead atoms. The molecule has 16 heavy (non-hydrogen) atoms. The summed E-state index contributed by atoms with van der Waals surface area (Å²) in [6.07, 6.45) is 1.18. The van der Waals surface area contributed by atoms with Crippen molar-refractivity contribution in [1.29, 1.82) is 0 Å². The lowest BCUT2D eigenvalue weighted by molar-refractivity contribution is -0.0681. The molecule has 3 nitrogen and oxygen atoms in total. The van der Waals surface area contributed by atoms with Crippen molar-refractivity contribution in [3.05, 3.63) is 35.6 Å². The summed E-state index contributed by atoms with van der Waals surface area (Å²) in [6.45, 7) is 2.01. The molecule has 0 amide bonds. The van der Waals surface area contributed by atoms with Gasteiger partial charge in [0.15, 0.2) is 0 Å². The highest BCUT2D eigenvalue weighted by Crippen LogP contribution is 2.42. The van der Waals surface area contributed by atoms with Crippen LogP contribution >= 0.6 is 0 Å². The Morgan fingerprint density at radius 1 is 1.44 bits per heavy atom. The van der Waals surface area contributed by atoms with Crippen molar-refractivity contribution in [2.45, 2.75) is 31.4 Å². The van der Waals surface area contributed by atoms with Gasteiger partial charge in [0.1, 0.15) is 16.9 Å². The predicted molar refractivity (Wildman–Crippen MR) is 62.1 cm³/mol. The second-order valence-corrected chi connectivity index (χ2v) is 4.80. The third-order valence-corrected chi connectivity index (χ3v) is 3.40. The van der Waals surface area contributed by atoms with Crippen molar-refractivity contribution in [2.75, 3.05) is 0 Å². The Balaban J connectivity index is 2.09. The van der Waals surface area contributed by atoms with Crippen molar-refractivity contribution in [3.63, 3.8) is 0 Å². The normalized spacial score (nSPS) is 29.3. The van der Waals surface area contributed by atoms with E-state index in [0.717, 1.165) is 16.5 Å². The van der Waals surface area contributed by atoms with Crippen LogP contribution in [0, 0.1) is 6.92 Å². The molecule has 1 aliphatic carbocycles. The standard InChI is InChI=1S/C13H15NO2/c1-8-3-2-4-9-5-11(16-12(8)9)13(15)6-10(14)7-13/h2-5,10,15H,6-7,14H2,1H3. The lowest BCUT2D eigenvalue weighted by Gasteiger charge is -2.39. The molecule has 1 aromatic carbocycles. The van der Waals surface area contributed by atoms with E-state index in [2.05, 4.69) is 0 Å². The Hall–Kier alpha value is -1.32. The number of fused-ring (bicyclic) bond motifs is 1. The van der Waals surface area contributed by atoms with Gasteiger partial charge in [0.05, 0.1) is 0 Å². The van der Waals surface area contributed by atoms with Crippen LogP contribution in [0.4, 0.5) is 0 Å².